The van der Waals surface area contributed by atoms with Crippen molar-refractivity contribution in [3.63, 3.8) is 0 Å². The Morgan fingerprint density at radius 2 is 1.52 bits per heavy atom. The summed E-state index contributed by atoms with van der Waals surface area (Å²) in [6.45, 7) is 6.14. The van der Waals surface area contributed by atoms with Crippen LogP contribution >= 0.6 is 0 Å². The van der Waals surface area contributed by atoms with Gasteiger partial charge in [0, 0.05) is 24.5 Å². The van der Waals surface area contributed by atoms with Crippen LogP contribution in [0.25, 0.3) is 0 Å². The van der Waals surface area contributed by atoms with Crippen molar-refractivity contribution in [3.05, 3.63) is 69.8 Å². The van der Waals surface area contributed by atoms with E-state index in [9.17, 15) is 19.7 Å². The van der Waals surface area contributed by atoms with Gasteiger partial charge in [0.25, 0.3) is 5.69 Å². The lowest BCUT2D eigenvalue weighted by molar-refractivity contribution is -0.385. The summed E-state index contributed by atoms with van der Waals surface area (Å²) in [5.41, 5.74) is 1.60. The van der Waals surface area contributed by atoms with Crippen LogP contribution in [0.5, 0.6) is 5.75 Å². The average molecular weight is 458 g/mol. The summed E-state index contributed by atoms with van der Waals surface area (Å²) in [6, 6.07) is 13.9. The van der Waals surface area contributed by atoms with Gasteiger partial charge in [-0.2, -0.15) is 0 Å². The Hall–Kier alpha value is -3.42. The second-order valence-electron chi connectivity index (χ2n) is 8.06. The molecule has 1 atom stereocenters. The fourth-order valence-electron chi connectivity index (χ4n) is 2.96. The Morgan fingerprint density at radius 3 is 2.18 bits per heavy atom. The fraction of sp³-hybridized carbons (Fsp3) is 0.440. The Balaban J connectivity index is 1.67. The Morgan fingerprint density at radius 1 is 0.879 bits per heavy atom. The summed E-state index contributed by atoms with van der Waals surface area (Å²) >= 11 is 0. The molecule has 8 heteroatoms. The number of para-hydroxylation sites is 1. The molecule has 0 saturated heterocycles. The molecule has 1 unspecified atom stereocenters. The summed E-state index contributed by atoms with van der Waals surface area (Å²) in [4.78, 5) is 34.3. The molecular weight excluding hydrogens is 426 g/mol. The van der Waals surface area contributed by atoms with Crippen molar-refractivity contribution < 1.29 is 28.7 Å². The highest BCUT2D eigenvalue weighted by Gasteiger charge is 2.16. The Labute approximate surface area is 194 Å². The van der Waals surface area contributed by atoms with E-state index in [4.69, 9.17) is 14.2 Å². The fourth-order valence-corrected chi connectivity index (χ4v) is 2.96. The molecule has 0 N–H and O–H groups in total. The zero-order valence-corrected chi connectivity index (χ0v) is 19.3. The molecule has 0 aliphatic heterocycles. The predicted octanol–water partition coefficient (Wildman–Crippen LogP) is 4.53. The topological polar surface area (TPSA) is 105 Å². The van der Waals surface area contributed by atoms with E-state index in [1.165, 1.54) is 6.07 Å². The third-order valence-electron chi connectivity index (χ3n) is 5.06. The molecule has 0 bridgehead atoms. The number of carbonyl (C=O) groups is 2. The van der Waals surface area contributed by atoms with Gasteiger partial charge in [-0.15, -0.1) is 0 Å². The first-order valence-corrected chi connectivity index (χ1v) is 11.0. The lowest BCUT2D eigenvalue weighted by Gasteiger charge is -2.13. The van der Waals surface area contributed by atoms with E-state index in [1.807, 2.05) is 24.3 Å². The number of esters is 2. The Bertz CT molecular complexity index is 925. The maximum absolute atomic E-state index is 12.2. The van der Waals surface area contributed by atoms with Crippen LogP contribution in [0.3, 0.4) is 0 Å². The SMILES string of the molecule is CC(C)C(=O)OCCc1ccc(OCCC(C)C(=O)OCCc2ccccc2[N+](=O)[O-])cc1. The van der Waals surface area contributed by atoms with Crippen LogP contribution in [0.2, 0.25) is 0 Å². The predicted molar refractivity (Wildman–Crippen MR) is 123 cm³/mol. The van der Waals surface area contributed by atoms with Crippen molar-refractivity contribution in [2.45, 2.75) is 40.0 Å². The highest BCUT2D eigenvalue weighted by Crippen LogP contribution is 2.19. The minimum atomic E-state index is -0.439. The second-order valence-corrected chi connectivity index (χ2v) is 8.06. The summed E-state index contributed by atoms with van der Waals surface area (Å²) in [5.74, 6) is -0.362. The van der Waals surface area contributed by atoms with Gasteiger partial charge in [0.05, 0.1) is 36.6 Å². The average Bonchev–Trinajstić information content (AvgIpc) is 2.80. The number of nitro benzene ring substituents is 1. The van der Waals surface area contributed by atoms with E-state index in [0.29, 0.717) is 37.4 Å². The molecular formula is C25H31NO7. The monoisotopic (exact) mass is 457 g/mol. The van der Waals surface area contributed by atoms with Gasteiger partial charge in [-0.25, -0.2) is 0 Å². The van der Waals surface area contributed by atoms with Crippen LogP contribution in [-0.4, -0.2) is 36.7 Å². The van der Waals surface area contributed by atoms with Crippen LogP contribution in [0, 0.1) is 22.0 Å². The largest absolute Gasteiger partial charge is 0.494 e. The van der Waals surface area contributed by atoms with E-state index in [0.717, 1.165) is 5.56 Å². The van der Waals surface area contributed by atoms with Crippen LogP contribution < -0.4 is 4.74 Å². The first kappa shape index (κ1) is 25.8. The van der Waals surface area contributed by atoms with Gasteiger partial charge in [-0.3, -0.25) is 19.7 Å². The van der Waals surface area contributed by atoms with E-state index in [-0.39, 0.29) is 42.5 Å². The maximum Gasteiger partial charge on any atom is 0.308 e. The van der Waals surface area contributed by atoms with Crippen LogP contribution in [0.4, 0.5) is 5.69 Å². The minimum Gasteiger partial charge on any atom is -0.494 e. The Kier molecular flexibility index (Phi) is 10.3. The number of hydrogen-bond acceptors (Lipinski definition) is 7. The van der Waals surface area contributed by atoms with E-state index in [1.54, 1.807) is 39.0 Å². The number of benzene rings is 2. The smallest absolute Gasteiger partial charge is 0.308 e. The molecule has 0 aromatic heterocycles. The van der Waals surface area contributed by atoms with Gasteiger partial charge < -0.3 is 14.2 Å². The van der Waals surface area contributed by atoms with E-state index in [2.05, 4.69) is 0 Å². The number of ether oxygens (including phenoxy) is 3. The van der Waals surface area contributed by atoms with Crippen molar-refractivity contribution in [1.29, 1.82) is 0 Å². The van der Waals surface area contributed by atoms with Gasteiger partial charge in [0.15, 0.2) is 0 Å². The highest BCUT2D eigenvalue weighted by molar-refractivity contribution is 5.72. The molecule has 0 saturated carbocycles. The molecule has 2 aromatic rings. The van der Waals surface area contributed by atoms with Crippen molar-refractivity contribution in [1.82, 2.24) is 0 Å². The molecule has 8 nitrogen and oxygen atoms in total. The molecule has 178 valence electrons. The van der Waals surface area contributed by atoms with Gasteiger partial charge >= 0.3 is 11.9 Å². The first-order valence-electron chi connectivity index (χ1n) is 11.0. The van der Waals surface area contributed by atoms with Crippen LogP contribution in [0.15, 0.2) is 48.5 Å². The minimum absolute atomic E-state index is 0.0255. The number of hydrogen-bond donors (Lipinski definition) is 0. The molecule has 33 heavy (non-hydrogen) atoms. The van der Waals surface area contributed by atoms with Gasteiger partial charge in [0.2, 0.25) is 0 Å². The molecule has 2 rings (SSSR count). The number of nitrogens with zero attached hydrogens (tertiary/aromatic N) is 1. The van der Waals surface area contributed by atoms with Gasteiger partial charge in [0.1, 0.15) is 5.75 Å². The molecule has 0 aliphatic carbocycles. The molecule has 2 aromatic carbocycles. The molecule has 0 aliphatic rings. The molecule has 0 heterocycles. The summed E-state index contributed by atoms with van der Waals surface area (Å²) in [5, 5.41) is 11.0. The van der Waals surface area contributed by atoms with Crippen molar-refractivity contribution in [3.8, 4) is 5.75 Å². The van der Waals surface area contributed by atoms with E-state index < -0.39 is 4.92 Å². The van der Waals surface area contributed by atoms with Crippen LogP contribution in [-0.2, 0) is 31.9 Å². The van der Waals surface area contributed by atoms with E-state index >= 15 is 0 Å². The third kappa shape index (κ3) is 8.92. The number of rotatable bonds is 13. The maximum atomic E-state index is 12.2. The first-order chi connectivity index (χ1) is 15.8. The highest BCUT2D eigenvalue weighted by atomic mass is 16.6. The normalized spacial score (nSPS) is 11.6. The summed E-state index contributed by atoms with van der Waals surface area (Å²) in [6.07, 6.45) is 1.40. The zero-order valence-electron chi connectivity index (χ0n) is 19.3. The number of nitro groups is 1. The quantitative estimate of drug-likeness (QED) is 0.247. The van der Waals surface area contributed by atoms with Crippen molar-refractivity contribution >= 4 is 17.6 Å². The number of carbonyl (C=O) groups excluding carboxylic acids is 2. The van der Waals surface area contributed by atoms with Gasteiger partial charge in [-0.1, -0.05) is 51.1 Å². The molecule has 0 spiro atoms. The lowest BCUT2D eigenvalue weighted by Crippen LogP contribution is -2.18. The summed E-state index contributed by atoms with van der Waals surface area (Å²) in [7, 11) is 0. The molecule has 0 radical (unpaired) electrons. The lowest BCUT2D eigenvalue weighted by atomic mass is 10.1. The molecule has 0 amide bonds. The second kappa shape index (κ2) is 13.2. The van der Waals surface area contributed by atoms with Gasteiger partial charge in [-0.05, 0) is 24.1 Å². The summed E-state index contributed by atoms with van der Waals surface area (Å²) < 4.78 is 16.2. The zero-order chi connectivity index (χ0) is 24.2. The third-order valence-corrected chi connectivity index (χ3v) is 5.06. The van der Waals surface area contributed by atoms with Crippen molar-refractivity contribution in [2.75, 3.05) is 19.8 Å². The standard InChI is InChI=1S/C25H31NO7/c1-18(2)24(27)32-16-13-20-8-10-22(11-9-20)31-15-12-19(3)25(28)33-17-14-21-6-4-5-7-23(21)26(29)30/h4-11,18-19H,12-17H2,1-3H3. The van der Waals surface area contributed by atoms with Crippen molar-refractivity contribution in [2.24, 2.45) is 11.8 Å². The molecule has 0 fully saturated rings. The van der Waals surface area contributed by atoms with Crippen LogP contribution in [0.1, 0.15) is 38.3 Å².